The molecule has 3 aromatic heterocycles. The van der Waals surface area contributed by atoms with Crippen molar-refractivity contribution < 1.29 is 9.53 Å². The Labute approximate surface area is 168 Å². The number of ether oxygens (including phenoxy) is 1. The molecule has 1 saturated heterocycles. The van der Waals surface area contributed by atoms with Crippen LogP contribution in [0.5, 0.6) is 5.75 Å². The molecule has 0 atom stereocenters. The normalized spacial score (nSPS) is 15.1. The molecule has 5 rings (SSSR count). The SMILES string of the molecule is COc1cnn(C)c1-c1ccc2nc(NC(=O)C3CC3)cn2n1.N#CB1CCC1. The molecule has 4 heterocycles. The van der Waals surface area contributed by atoms with Gasteiger partial charge in [-0.1, -0.05) is 19.1 Å². The molecule has 29 heavy (non-hydrogen) atoms. The Hall–Kier alpha value is -3.35. The number of methoxy groups -OCH3 is 1. The summed E-state index contributed by atoms with van der Waals surface area (Å²) < 4.78 is 8.67. The van der Waals surface area contributed by atoms with Crippen molar-refractivity contribution in [2.75, 3.05) is 12.4 Å². The number of fused-ring (bicyclic) bond motifs is 1. The first kappa shape index (κ1) is 19.0. The summed E-state index contributed by atoms with van der Waals surface area (Å²) in [6.45, 7) is 0.421. The topological polar surface area (TPSA) is 110 Å². The van der Waals surface area contributed by atoms with Crippen molar-refractivity contribution in [3.63, 3.8) is 0 Å². The predicted molar refractivity (Wildman–Crippen MR) is 109 cm³/mol. The molecule has 1 saturated carbocycles. The second-order valence-electron chi connectivity index (χ2n) is 7.35. The smallest absolute Gasteiger partial charge is 0.267 e. The van der Waals surface area contributed by atoms with E-state index in [9.17, 15) is 4.79 Å². The van der Waals surface area contributed by atoms with E-state index in [4.69, 9.17) is 10.00 Å². The average molecular weight is 391 g/mol. The van der Waals surface area contributed by atoms with Crippen LogP contribution in [0.2, 0.25) is 12.6 Å². The highest BCUT2D eigenvalue weighted by Crippen LogP contribution is 2.30. The second-order valence-corrected chi connectivity index (χ2v) is 7.35. The lowest BCUT2D eigenvalue weighted by Gasteiger charge is -2.11. The average Bonchev–Trinajstić information content (AvgIpc) is 3.35. The fraction of sp³-hybridized carbons (Fsp3) is 0.421. The maximum absolute atomic E-state index is 11.8. The predicted octanol–water partition coefficient (Wildman–Crippen LogP) is 2.43. The Morgan fingerprint density at radius 3 is 2.76 bits per heavy atom. The van der Waals surface area contributed by atoms with Crippen LogP contribution in [0.15, 0.2) is 24.5 Å². The van der Waals surface area contributed by atoms with Gasteiger partial charge in [0.2, 0.25) is 5.91 Å². The summed E-state index contributed by atoms with van der Waals surface area (Å²) in [7, 11) is 3.43. The van der Waals surface area contributed by atoms with Crippen molar-refractivity contribution in [3.05, 3.63) is 24.5 Å². The molecule has 9 nitrogen and oxygen atoms in total. The maximum atomic E-state index is 11.8. The quantitative estimate of drug-likeness (QED) is 0.684. The number of nitriles is 1. The lowest BCUT2D eigenvalue weighted by Crippen LogP contribution is -2.18. The highest BCUT2D eigenvalue weighted by atomic mass is 16.5. The van der Waals surface area contributed by atoms with Crippen LogP contribution in [-0.4, -0.2) is 44.1 Å². The molecule has 1 amide bonds. The van der Waals surface area contributed by atoms with Gasteiger partial charge in [-0.15, -0.1) is 0 Å². The number of nitrogens with one attached hydrogen (secondary N) is 1. The van der Waals surface area contributed by atoms with Gasteiger partial charge < -0.3 is 10.1 Å². The molecule has 0 bridgehead atoms. The van der Waals surface area contributed by atoms with E-state index in [2.05, 4.69) is 26.5 Å². The Balaban J connectivity index is 0.000000294. The first-order valence-corrected chi connectivity index (χ1v) is 9.72. The van der Waals surface area contributed by atoms with Gasteiger partial charge in [0, 0.05) is 18.9 Å². The van der Waals surface area contributed by atoms with E-state index in [-0.39, 0.29) is 11.8 Å². The highest BCUT2D eigenvalue weighted by molar-refractivity contribution is 6.69. The zero-order valence-corrected chi connectivity index (χ0v) is 16.5. The van der Waals surface area contributed by atoms with Crippen LogP contribution in [0.25, 0.3) is 17.0 Å². The summed E-state index contributed by atoms with van der Waals surface area (Å²) in [6, 6.07) is 3.70. The number of aryl methyl sites for hydroxylation is 1. The van der Waals surface area contributed by atoms with Gasteiger partial charge in [0.05, 0.1) is 19.5 Å². The first-order valence-electron chi connectivity index (χ1n) is 9.72. The van der Waals surface area contributed by atoms with Crippen molar-refractivity contribution in [1.29, 1.82) is 5.26 Å². The third-order valence-electron chi connectivity index (χ3n) is 5.17. The lowest BCUT2D eigenvalue weighted by atomic mass is 9.37. The number of nitrogens with zero attached hydrogens (tertiary/aromatic N) is 6. The summed E-state index contributed by atoms with van der Waals surface area (Å²) in [4.78, 5) is 16.2. The zero-order valence-electron chi connectivity index (χ0n) is 16.5. The third kappa shape index (κ3) is 4.09. The molecule has 1 aliphatic carbocycles. The van der Waals surface area contributed by atoms with Gasteiger partial charge in [-0.25, -0.2) is 14.8 Å². The van der Waals surface area contributed by atoms with Crippen molar-refractivity contribution in [2.45, 2.75) is 31.9 Å². The van der Waals surface area contributed by atoms with Crippen LogP contribution in [0.3, 0.4) is 0 Å². The number of amides is 1. The van der Waals surface area contributed by atoms with Gasteiger partial charge >= 0.3 is 0 Å². The first-order chi connectivity index (χ1) is 14.1. The molecule has 0 unspecified atom stereocenters. The molecule has 1 N–H and O–H groups in total. The van der Waals surface area contributed by atoms with Gasteiger partial charge in [-0.3, -0.25) is 9.48 Å². The lowest BCUT2D eigenvalue weighted by molar-refractivity contribution is -0.117. The van der Waals surface area contributed by atoms with Crippen LogP contribution < -0.4 is 10.1 Å². The Kier molecular flexibility index (Phi) is 5.21. The molecule has 0 spiro atoms. The van der Waals surface area contributed by atoms with E-state index in [1.165, 1.54) is 6.42 Å². The minimum Gasteiger partial charge on any atom is -0.493 e. The Morgan fingerprint density at radius 2 is 2.17 bits per heavy atom. The maximum Gasteiger partial charge on any atom is 0.267 e. The molecule has 2 aliphatic rings. The summed E-state index contributed by atoms with van der Waals surface area (Å²) >= 11 is 0. The Morgan fingerprint density at radius 1 is 1.38 bits per heavy atom. The molecular formula is C19H22BN7O2. The van der Waals surface area contributed by atoms with Gasteiger partial charge in [0.1, 0.15) is 11.4 Å². The minimum absolute atomic E-state index is 0.0296. The van der Waals surface area contributed by atoms with Crippen LogP contribution >= 0.6 is 0 Å². The molecule has 2 fully saturated rings. The number of imidazole rings is 1. The van der Waals surface area contributed by atoms with Crippen LogP contribution in [0, 0.1) is 17.1 Å². The van der Waals surface area contributed by atoms with Gasteiger partial charge in [-0.2, -0.15) is 10.2 Å². The van der Waals surface area contributed by atoms with Crippen LogP contribution in [0.1, 0.15) is 19.3 Å². The Bertz CT molecular complexity index is 1080. The monoisotopic (exact) mass is 391 g/mol. The number of carbonyl (C=O) groups is 1. The number of hydrogen-bond donors (Lipinski definition) is 1. The van der Waals surface area contributed by atoms with Crippen molar-refractivity contribution in [1.82, 2.24) is 24.4 Å². The summed E-state index contributed by atoms with van der Waals surface area (Å²) in [5.74, 6) is 3.54. The van der Waals surface area contributed by atoms with Crippen molar-refractivity contribution >= 4 is 24.1 Å². The van der Waals surface area contributed by atoms with Gasteiger partial charge in [0.25, 0.3) is 6.71 Å². The van der Waals surface area contributed by atoms with Crippen molar-refractivity contribution in [2.24, 2.45) is 13.0 Å². The molecular weight excluding hydrogens is 369 g/mol. The van der Waals surface area contributed by atoms with E-state index < -0.39 is 0 Å². The van der Waals surface area contributed by atoms with Gasteiger partial charge in [0.15, 0.2) is 17.2 Å². The molecule has 3 aromatic rings. The summed E-state index contributed by atoms with van der Waals surface area (Å²) in [5, 5.41) is 19.7. The van der Waals surface area contributed by atoms with E-state index in [1.54, 1.807) is 28.7 Å². The van der Waals surface area contributed by atoms with Crippen LogP contribution in [0.4, 0.5) is 5.82 Å². The molecule has 10 heteroatoms. The van der Waals surface area contributed by atoms with Crippen molar-refractivity contribution in [3.8, 4) is 23.1 Å². The van der Waals surface area contributed by atoms with E-state index in [0.717, 1.165) is 31.2 Å². The fourth-order valence-electron chi connectivity index (χ4n) is 3.04. The summed E-state index contributed by atoms with van der Waals surface area (Å²) in [6.07, 6.45) is 8.85. The molecule has 0 radical (unpaired) electrons. The van der Waals surface area contributed by atoms with E-state index >= 15 is 0 Å². The van der Waals surface area contributed by atoms with Crippen LogP contribution in [-0.2, 0) is 11.8 Å². The molecule has 0 aromatic carbocycles. The minimum atomic E-state index is 0.0296. The molecule has 1 aliphatic heterocycles. The number of rotatable bonds is 4. The largest absolute Gasteiger partial charge is 0.493 e. The fourth-order valence-corrected chi connectivity index (χ4v) is 3.04. The number of anilines is 1. The highest BCUT2D eigenvalue weighted by Gasteiger charge is 2.30. The second kappa shape index (κ2) is 7.95. The zero-order chi connectivity index (χ0) is 20.4. The number of carbonyl (C=O) groups excluding carboxylic acids is 1. The number of hydrogen-bond acceptors (Lipinski definition) is 6. The van der Waals surface area contributed by atoms with E-state index in [0.29, 0.717) is 29.6 Å². The summed E-state index contributed by atoms with van der Waals surface area (Å²) in [5.41, 5.74) is 2.17. The number of aromatic nitrogens is 5. The van der Waals surface area contributed by atoms with E-state index in [1.807, 2.05) is 19.2 Å². The standard InChI is InChI=1S/C15H16N6O2.C4H6BN/c1-20-14(11(23-2)7-16-20)10-5-6-13-17-12(8-21(13)19-10)18-15(22)9-3-4-9;6-4-5-2-1-3-5/h5-9H,3-4H2,1-2H3,(H,18,22);1-3H2. The van der Waals surface area contributed by atoms with Gasteiger partial charge in [-0.05, 0) is 25.0 Å². The molecule has 148 valence electrons. The third-order valence-corrected chi connectivity index (χ3v) is 5.17.